The van der Waals surface area contributed by atoms with Gasteiger partial charge in [-0.1, -0.05) is 0 Å². The first-order valence-electron chi connectivity index (χ1n) is 7.52. The Balaban J connectivity index is 1.63. The minimum absolute atomic E-state index is 0.0225. The smallest absolute Gasteiger partial charge is 0.239 e. The molecule has 104 valence electrons. The quantitative estimate of drug-likeness (QED) is 0.796. The van der Waals surface area contributed by atoms with Gasteiger partial charge >= 0.3 is 0 Å². The van der Waals surface area contributed by atoms with Crippen LogP contribution in [-0.2, 0) is 4.79 Å². The fraction of sp³-hybridized carbons (Fsp3) is 0.929. The summed E-state index contributed by atoms with van der Waals surface area (Å²) < 4.78 is 0. The van der Waals surface area contributed by atoms with Gasteiger partial charge in [-0.2, -0.15) is 0 Å². The summed E-state index contributed by atoms with van der Waals surface area (Å²) in [5.41, 5.74) is 0. The zero-order chi connectivity index (χ0) is 12.8. The van der Waals surface area contributed by atoms with Crippen molar-refractivity contribution >= 4 is 5.91 Å². The van der Waals surface area contributed by atoms with Gasteiger partial charge in [0.2, 0.25) is 5.91 Å². The maximum Gasteiger partial charge on any atom is 0.239 e. The Labute approximate surface area is 111 Å². The number of hydrogen-bond donors (Lipinski definition) is 1. The highest BCUT2D eigenvalue weighted by Gasteiger charge is 2.21. The van der Waals surface area contributed by atoms with E-state index in [2.05, 4.69) is 10.2 Å². The van der Waals surface area contributed by atoms with E-state index in [0.29, 0.717) is 0 Å². The molecular formula is C14H27N3O. The van der Waals surface area contributed by atoms with Crippen LogP contribution in [0.25, 0.3) is 0 Å². The second-order valence-electron chi connectivity index (χ2n) is 5.61. The highest BCUT2D eigenvalue weighted by atomic mass is 16.2. The zero-order valence-corrected chi connectivity index (χ0v) is 11.7. The van der Waals surface area contributed by atoms with Crippen LogP contribution in [0.4, 0.5) is 0 Å². The molecule has 0 radical (unpaired) electrons. The van der Waals surface area contributed by atoms with Crippen molar-refractivity contribution in [3.8, 4) is 0 Å². The number of carbonyl (C=O) groups is 1. The SMILES string of the molecule is CC(NCCN1CCCC1)C(=O)N1CCCCC1. The minimum atomic E-state index is -0.0225. The Morgan fingerprint density at radius 1 is 1.06 bits per heavy atom. The van der Waals surface area contributed by atoms with E-state index >= 15 is 0 Å². The highest BCUT2D eigenvalue weighted by molar-refractivity contribution is 5.81. The Bertz CT molecular complexity index is 258. The molecule has 4 heteroatoms. The van der Waals surface area contributed by atoms with Crippen LogP contribution in [0, 0.1) is 0 Å². The van der Waals surface area contributed by atoms with Crippen molar-refractivity contribution in [2.45, 2.75) is 45.1 Å². The van der Waals surface area contributed by atoms with E-state index in [9.17, 15) is 4.79 Å². The van der Waals surface area contributed by atoms with E-state index in [1.807, 2.05) is 11.8 Å². The summed E-state index contributed by atoms with van der Waals surface area (Å²) in [4.78, 5) is 16.7. The standard InChI is InChI=1S/C14H27N3O/c1-13(14(18)17-10-3-2-4-11-17)15-7-12-16-8-5-6-9-16/h13,15H,2-12H2,1H3. The molecule has 4 nitrogen and oxygen atoms in total. The third kappa shape index (κ3) is 3.95. The molecule has 2 aliphatic heterocycles. The fourth-order valence-electron chi connectivity index (χ4n) is 2.92. The molecule has 1 atom stereocenters. The zero-order valence-electron chi connectivity index (χ0n) is 11.7. The normalized spacial score (nSPS) is 23.3. The second-order valence-corrected chi connectivity index (χ2v) is 5.61. The van der Waals surface area contributed by atoms with Gasteiger partial charge in [-0.15, -0.1) is 0 Å². The lowest BCUT2D eigenvalue weighted by atomic mass is 10.1. The van der Waals surface area contributed by atoms with Gasteiger partial charge in [-0.25, -0.2) is 0 Å². The predicted molar refractivity (Wildman–Crippen MR) is 73.6 cm³/mol. The van der Waals surface area contributed by atoms with Crippen molar-refractivity contribution in [2.75, 3.05) is 39.3 Å². The fourth-order valence-corrected chi connectivity index (χ4v) is 2.92. The number of hydrogen-bond acceptors (Lipinski definition) is 3. The first-order chi connectivity index (χ1) is 8.77. The van der Waals surface area contributed by atoms with E-state index in [0.717, 1.165) is 26.2 Å². The Morgan fingerprint density at radius 2 is 1.67 bits per heavy atom. The number of rotatable bonds is 5. The van der Waals surface area contributed by atoms with Gasteiger partial charge in [0.05, 0.1) is 6.04 Å². The third-order valence-corrected chi connectivity index (χ3v) is 4.12. The Morgan fingerprint density at radius 3 is 2.33 bits per heavy atom. The van der Waals surface area contributed by atoms with Crippen LogP contribution in [0.3, 0.4) is 0 Å². The monoisotopic (exact) mass is 253 g/mol. The van der Waals surface area contributed by atoms with Crippen molar-refractivity contribution in [1.29, 1.82) is 0 Å². The van der Waals surface area contributed by atoms with Gasteiger partial charge in [0.1, 0.15) is 0 Å². The molecule has 0 saturated carbocycles. The van der Waals surface area contributed by atoms with Crippen LogP contribution in [-0.4, -0.2) is 61.0 Å². The summed E-state index contributed by atoms with van der Waals surface area (Å²) in [5.74, 6) is 0.288. The number of likely N-dealkylation sites (tertiary alicyclic amines) is 2. The van der Waals surface area contributed by atoms with E-state index in [4.69, 9.17) is 0 Å². The minimum Gasteiger partial charge on any atom is -0.341 e. The number of nitrogens with zero attached hydrogens (tertiary/aromatic N) is 2. The molecule has 2 heterocycles. The molecule has 2 aliphatic rings. The third-order valence-electron chi connectivity index (χ3n) is 4.12. The summed E-state index contributed by atoms with van der Waals surface area (Å²) in [7, 11) is 0. The molecular weight excluding hydrogens is 226 g/mol. The number of carbonyl (C=O) groups excluding carboxylic acids is 1. The van der Waals surface area contributed by atoms with Crippen LogP contribution in [0.2, 0.25) is 0 Å². The number of nitrogens with one attached hydrogen (secondary N) is 1. The summed E-state index contributed by atoms with van der Waals surface area (Å²) in [6.45, 7) is 8.39. The van der Waals surface area contributed by atoms with Gasteiger partial charge in [-0.3, -0.25) is 4.79 Å². The molecule has 2 saturated heterocycles. The molecule has 0 aromatic heterocycles. The number of piperidine rings is 1. The molecule has 0 spiro atoms. The number of amides is 1. The summed E-state index contributed by atoms with van der Waals surface area (Å²) >= 11 is 0. The van der Waals surface area contributed by atoms with Gasteiger partial charge < -0.3 is 15.1 Å². The molecule has 2 fully saturated rings. The maximum absolute atomic E-state index is 12.2. The van der Waals surface area contributed by atoms with E-state index in [1.165, 1.54) is 45.2 Å². The van der Waals surface area contributed by atoms with Crippen molar-refractivity contribution in [3.63, 3.8) is 0 Å². The molecule has 18 heavy (non-hydrogen) atoms. The first kappa shape index (κ1) is 13.8. The Kier molecular flexibility index (Phi) is 5.45. The lowest BCUT2D eigenvalue weighted by Crippen LogP contribution is -2.48. The summed E-state index contributed by atoms with van der Waals surface area (Å²) in [6.07, 6.45) is 6.30. The Hall–Kier alpha value is -0.610. The molecule has 1 unspecified atom stereocenters. The van der Waals surface area contributed by atoms with Crippen molar-refractivity contribution < 1.29 is 4.79 Å². The summed E-state index contributed by atoms with van der Waals surface area (Å²) in [6, 6.07) is -0.0225. The van der Waals surface area contributed by atoms with Crippen LogP contribution in [0.5, 0.6) is 0 Å². The van der Waals surface area contributed by atoms with Crippen molar-refractivity contribution in [2.24, 2.45) is 0 Å². The maximum atomic E-state index is 12.2. The average Bonchev–Trinajstić information content (AvgIpc) is 2.92. The van der Waals surface area contributed by atoms with Crippen LogP contribution in [0.15, 0.2) is 0 Å². The largest absolute Gasteiger partial charge is 0.341 e. The van der Waals surface area contributed by atoms with Gasteiger partial charge in [0.15, 0.2) is 0 Å². The topological polar surface area (TPSA) is 35.6 Å². The van der Waals surface area contributed by atoms with Crippen molar-refractivity contribution in [3.05, 3.63) is 0 Å². The molecule has 0 aliphatic carbocycles. The van der Waals surface area contributed by atoms with E-state index in [1.54, 1.807) is 0 Å². The predicted octanol–water partition coefficient (Wildman–Crippen LogP) is 1.07. The molecule has 1 N–H and O–H groups in total. The first-order valence-corrected chi connectivity index (χ1v) is 7.52. The van der Waals surface area contributed by atoms with E-state index in [-0.39, 0.29) is 11.9 Å². The van der Waals surface area contributed by atoms with Crippen LogP contribution >= 0.6 is 0 Å². The van der Waals surface area contributed by atoms with Gasteiger partial charge in [-0.05, 0) is 52.1 Å². The highest BCUT2D eigenvalue weighted by Crippen LogP contribution is 2.10. The molecule has 0 bridgehead atoms. The second kappa shape index (κ2) is 7.10. The van der Waals surface area contributed by atoms with Gasteiger partial charge in [0, 0.05) is 26.2 Å². The van der Waals surface area contributed by atoms with Crippen molar-refractivity contribution in [1.82, 2.24) is 15.1 Å². The molecule has 1 amide bonds. The lowest BCUT2D eigenvalue weighted by Gasteiger charge is -2.29. The molecule has 2 rings (SSSR count). The summed E-state index contributed by atoms with van der Waals surface area (Å²) in [5, 5.41) is 3.37. The van der Waals surface area contributed by atoms with Crippen LogP contribution < -0.4 is 5.32 Å². The van der Waals surface area contributed by atoms with Gasteiger partial charge in [0.25, 0.3) is 0 Å². The molecule has 0 aromatic carbocycles. The van der Waals surface area contributed by atoms with E-state index < -0.39 is 0 Å². The molecule has 0 aromatic rings. The lowest BCUT2D eigenvalue weighted by molar-refractivity contribution is -0.133. The average molecular weight is 253 g/mol. The van der Waals surface area contributed by atoms with Crippen LogP contribution in [0.1, 0.15) is 39.0 Å².